The van der Waals surface area contributed by atoms with Crippen LogP contribution in [-0.4, -0.2) is 66.7 Å². The number of aliphatic hydroxyl groups excluding tert-OH is 1. The molecule has 0 radical (unpaired) electrons. The number of β-amino-alcohol motifs (C(OH)–C–C–N with tert-alkyl or cyclic N) is 1. The van der Waals surface area contributed by atoms with Gasteiger partial charge < -0.3 is 15.3 Å². The van der Waals surface area contributed by atoms with Crippen LogP contribution in [0.2, 0.25) is 0 Å². The van der Waals surface area contributed by atoms with Crippen molar-refractivity contribution in [2.75, 3.05) is 51.2 Å². The number of aryl methyl sites for hydroxylation is 2. The third kappa shape index (κ3) is 5.40. The number of piperazine rings is 1. The Morgan fingerprint density at radius 3 is 2.14 bits per heavy atom. The third-order valence-electron chi connectivity index (χ3n) is 4.04. The number of carbonyl (C=O) groups excluding carboxylic acids is 1. The van der Waals surface area contributed by atoms with Crippen LogP contribution >= 0.6 is 0 Å². The van der Waals surface area contributed by atoms with E-state index in [0.717, 1.165) is 56.1 Å². The zero-order valence-corrected chi connectivity index (χ0v) is 13.6. The smallest absolute Gasteiger partial charge is 0.225 e. The molecule has 5 nitrogen and oxygen atoms in total. The van der Waals surface area contributed by atoms with Gasteiger partial charge in [-0.3, -0.25) is 9.69 Å². The Bertz CT molecular complexity index is 476. The highest BCUT2D eigenvalue weighted by molar-refractivity contribution is 5.91. The highest BCUT2D eigenvalue weighted by Crippen LogP contribution is 2.14. The number of hydrogen-bond acceptors (Lipinski definition) is 4. The van der Waals surface area contributed by atoms with E-state index in [2.05, 4.69) is 21.2 Å². The second-order valence-corrected chi connectivity index (χ2v) is 6.08. The molecule has 1 fully saturated rings. The van der Waals surface area contributed by atoms with E-state index < -0.39 is 0 Å². The Hall–Kier alpha value is -1.43. The highest BCUT2D eigenvalue weighted by atomic mass is 16.3. The van der Waals surface area contributed by atoms with Gasteiger partial charge in [0.1, 0.15) is 0 Å². The van der Waals surface area contributed by atoms with Gasteiger partial charge in [-0.25, -0.2) is 0 Å². The molecule has 0 bridgehead atoms. The maximum Gasteiger partial charge on any atom is 0.225 e. The van der Waals surface area contributed by atoms with Crippen LogP contribution in [-0.2, 0) is 4.79 Å². The Morgan fingerprint density at radius 1 is 1.05 bits per heavy atom. The van der Waals surface area contributed by atoms with Gasteiger partial charge in [-0.05, 0) is 37.1 Å². The monoisotopic (exact) mass is 305 g/mol. The fraction of sp³-hybridized carbons (Fsp3) is 0.588. The number of nitrogens with one attached hydrogen (secondary N) is 1. The van der Waals surface area contributed by atoms with Crippen molar-refractivity contribution < 1.29 is 9.90 Å². The van der Waals surface area contributed by atoms with E-state index in [1.54, 1.807) is 0 Å². The van der Waals surface area contributed by atoms with Gasteiger partial charge in [-0.1, -0.05) is 6.07 Å². The second-order valence-electron chi connectivity index (χ2n) is 6.08. The Balaban J connectivity index is 1.72. The number of amides is 1. The summed E-state index contributed by atoms with van der Waals surface area (Å²) in [5.74, 6) is 0.0720. The largest absolute Gasteiger partial charge is 0.395 e. The summed E-state index contributed by atoms with van der Waals surface area (Å²) in [6.07, 6.45) is 0.521. The molecule has 0 aliphatic carbocycles. The fourth-order valence-electron chi connectivity index (χ4n) is 2.91. The van der Waals surface area contributed by atoms with Crippen molar-refractivity contribution in [1.29, 1.82) is 0 Å². The molecule has 0 atom stereocenters. The molecule has 1 aliphatic rings. The normalized spacial score (nSPS) is 16.7. The Labute approximate surface area is 132 Å². The summed E-state index contributed by atoms with van der Waals surface area (Å²) < 4.78 is 0. The number of aliphatic hydroxyl groups is 1. The number of carbonyl (C=O) groups is 1. The van der Waals surface area contributed by atoms with Gasteiger partial charge in [0.15, 0.2) is 0 Å². The topological polar surface area (TPSA) is 55.8 Å². The Morgan fingerprint density at radius 2 is 1.59 bits per heavy atom. The first-order chi connectivity index (χ1) is 10.6. The van der Waals surface area contributed by atoms with Gasteiger partial charge >= 0.3 is 0 Å². The van der Waals surface area contributed by atoms with Crippen LogP contribution in [0.4, 0.5) is 5.69 Å². The van der Waals surface area contributed by atoms with E-state index >= 15 is 0 Å². The summed E-state index contributed by atoms with van der Waals surface area (Å²) in [5, 5.41) is 11.9. The third-order valence-corrected chi connectivity index (χ3v) is 4.04. The molecule has 0 saturated carbocycles. The van der Waals surface area contributed by atoms with Gasteiger partial charge in [-0.15, -0.1) is 0 Å². The molecule has 0 aromatic heterocycles. The van der Waals surface area contributed by atoms with Crippen molar-refractivity contribution in [3.8, 4) is 0 Å². The summed E-state index contributed by atoms with van der Waals surface area (Å²) in [6, 6.07) is 6.10. The van der Waals surface area contributed by atoms with Crippen molar-refractivity contribution in [3.05, 3.63) is 29.3 Å². The zero-order valence-electron chi connectivity index (χ0n) is 13.6. The maximum absolute atomic E-state index is 12.1. The van der Waals surface area contributed by atoms with E-state index in [4.69, 9.17) is 5.11 Å². The predicted octanol–water partition coefficient (Wildman–Crippen LogP) is 1.24. The van der Waals surface area contributed by atoms with Crippen LogP contribution in [0, 0.1) is 13.8 Å². The van der Waals surface area contributed by atoms with Crippen molar-refractivity contribution in [2.45, 2.75) is 20.3 Å². The summed E-state index contributed by atoms with van der Waals surface area (Å²) in [7, 11) is 0. The maximum atomic E-state index is 12.1. The van der Waals surface area contributed by atoms with Crippen molar-refractivity contribution >= 4 is 11.6 Å². The number of hydrogen-bond donors (Lipinski definition) is 2. The number of rotatable bonds is 6. The van der Waals surface area contributed by atoms with Crippen molar-refractivity contribution in [2.24, 2.45) is 0 Å². The summed E-state index contributed by atoms with van der Waals surface area (Å²) >= 11 is 0. The molecular weight excluding hydrogens is 278 g/mol. The molecule has 5 heteroatoms. The van der Waals surface area contributed by atoms with Crippen LogP contribution in [0.1, 0.15) is 17.5 Å². The lowest BCUT2D eigenvalue weighted by Crippen LogP contribution is -2.47. The summed E-state index contributed by atoms with van der Waals surface area (Å²) in [6.45, 7) is 9.72. The van der Waals surface area contributed by atoms with E-state index in [9.17, 15) is 4.79 Å². The molecule has 1 heterocycles. The lowest BCUT2D eigenvalue weighted by atomic mass is 10.1. The average molecular weight is 305 g/mol. The first kappa shape index (κ1) is 16.9. The lowest BCUT2D eigenvalue weighted by Gasteiger charge is -2.34. The molecule has 1 aromatic rings. The highest BCUT2D eigenvalue weighted by Gasteiger charge is 2.16. The standard InChI is InChI=1S/C17H27N3O2/c1-14-11-15(2)13-16(12-14)18-17(22)3-4-19-5-7-20(8-6-19)9-10-21/h11-13,21H,3-10H2,1-2H3,(H,18,22). The van der Waals surface area contributed by atoms with Crippen LogP contribution in [0.3, 0.4) is 0 Å². The first-order valence-corrected chi connectivity index (χ1v) is 8.00. The van der Waals surface area contributed by atoms with E-state index in [1.807, 2.05) is 26.0 Å². The van der Waals surface area contributed by atoms with Gasteiger partial charge in [0.05, 0.1) is 6.61 Å². The molecule has 1 amide bonds. The van der Waals surface area contributed by atoms with Crippen LogP contribution < -0.4 is 5.32 Å². The minimum atomic E-state index is 0.0720. The molecule has 22 heavy (non-hydrogen) atoms. The van der Waals surface area contributed by atoms with Crippen LogP contribution in [0.25, 0.3) is 0 Å². The number of benzene rings is 1. The molecule has 1 saturated heterocycles. The first-order valence-electron chi connectivity index (χ1n) is 8.00. The summed E-state index contributed by atoms with van der Waals surface area (Å²) in [5.41, 5.74) is 3.21. The zero-order chi connectivity index (χ0) is 15.9. The minimum absolute atomic E-state index is 0.0720. The quantitative estimate of drug-likeness (QED) is 0.830. The molecule has 1 aromatic carbocycles. The summed E-state index contributed by atoms with van der Waals surface area (Å²) in [4.78, 5) is 16.6. The Kier molecular flexibility index (Phi) is 6.36. The van der Waals surface area contributed by atoms with E-state index in [0.29, 0.717) is 6.42 Å². The number of anilines is 1. The van der Waals surface area contributed by atoms with Gasteiger partial charge in [0.25, 0.3) is 0 Å². The molecule has 0 unspecified atom stereocenters. The van der Waals surface area contributed by atoms with Crippen molar-refractivity contribution in [1.82, 2.24) is 9.80 Å². The van der Waals surface area contributed by atoms with Gasteiger partial charge in [-0.2, -0.15) is 0 Å². The van der Waals surface area contributed by atoms with Gasteiger partial charge in [0, 0.05) is 51.4 Å². The molecule has 0 spiro atoms. The molecule has 122 valence electrons. The molecular formula is C17H27N3O2. The van der Waals surface area contributed by atoms with Crippen LogP contribution in [0.5, 0.6) is 0 Å². The van der Waals surface area contributed by atoms with Gasteiger partial charge in [0.2, 0.25) is 5.91 Å². The second kappa shape index (κ2) is 8.27. The number of nitrogens with zero attached hydrogens (tertiary/aromatic N) is 2. The molecule has 1 aliphatic heterocycles. The average Bonchev–Trinajstić information content (AvgIpc) is 2.46. The fourth-order valence-corrected chi connectivity index (χ4v) is 2.91. The minimum Gasteiger partial charge on any atom is -0.395 e. The van der Waals surface area contributed by atoms with Crippen LogP contribution in [0.15, 0.2) is 18.2 Å². The predicted molar refractivity (Wildman–Crippen MR) is 89.1 cm³/mol. The molecule has 2 N–H and O–H groups in total. The lowest BCUT2D eigenvalue weighted by molar-refractivity contribution is -0.116. The van der Waals surface area contributed by atoms with E-state index in [-0.39, 0.29) is 12.5 Å². The SMILES string of the molecule is Cc1cc(C)cc(NC(=O)CCN2CCN(CCO)CC2)c1. The van der Waals surface area contributed by atoms with Crippen molar-refractivity contribution in [3.63, 3.8) is 0 Å². The van der Waals surface area contributed by atoms with E-state index in [1.165, 1.54) is 0 Å². The molecule has 2 rings (SSSR count).